The molecular formula is C10H14N6. The fourth-order valence-corrected chi connectivity index (χ4v) is 1.28. The van der Waals surface area contributed by atoms with Crippen LogP contribution in [0.15, 0.2) is 25.0 Å². The number of nitrogens with zero attached hydrogens (tertiary/aromatic N) is 5. The van der Waals surface area contributed by atoms with Crippen LogP contribution in [0.3, 0.4) is 0 Å². The average molecular weight is 218 g/mol. The fraction of sp³-hybridized carbons (Fsp3) is 0.400. The molecule has 0 fully saturated rings. The van der Waals surface area contributed by atoms with Crippen molar-refractivity contribution in [2.75, 3.05) is 6.54 Å². The largest absolute Gasteiger partial charge is 0.311 e. The molecular weight excluding hydrogens is 204 g/mol. The van der Waals surface area contributed by atoms with Crippen LogP contribution in [-0.4, -0.2) is 31.3 Å². The quantitative estimate of drug-likeness (QED) is 0.742. The van der Waals surface area contributed by atoms with Gasteiger partial charge in [0.1, 0.15) is 12.7 Å². The minimum atomic E-state index is 0.678. The normalized spacial score (nSPS) is 10.6. The lowest BCUT2D eigenvalue weighted by molar-refractivity contribution is 0.660. The molecule has 0 aliphatic carbocycles. The Kier molecular flexibility index (Phi) is 3.55. The van der Waals surface area contributed by atoms with Crippen LogP contribution < -0.4 is 5.32 Å². The number of rotatable bonds is 5. The smallest absolute Gasteiger partial charge is 0.173 e. The zero-order valence-corrected chi connectivity index (χ0v) is 9.17. The maximum Gasteiger partial charge on any atom is 0.173 e. The van der Waals surface area contributed by atoms with Gasteiger partial charge in [0.15, 0.2) is 5.82 Å². The van der Waals surface area contributed by atoms with Gasteiger partial charge in [0.2, 0.25) is 0 Å². The molecule has 0 spiro atoms. The summed E-state index contributed by atoms with van der Waals surface area (Å²) in [6.45, 7) is 3.87. The van der Waals surface area contributed by atoms with Crippen molar-refractivity contribution >= 4 is 0 Å². The maximum atomic E-state index is 4.29. The van der Waals surface area contributed by atoms with Crippen molar-refractivity contribution in [3.8, 4) is 5.82 Å². The first kappa shape index (κ1) is 10.7. The van der Waals surface area contributed by atoms with Gasteiger partial charge >= 0.3 is 0 Å². The summed E-state index contributed by atoms with van der Waals surface area (Å²) in [5.74, 6) is 0.678. The van der Waals surface area contributed by atoms with Gasteiger partial charge in [0, 0.05) is 6.54 Å². The first-order chi connectivity index (χ1) is 7.90. The third-order valence-corrected chi connectivity index (χ3v) is 2.08. The van der Waals surface area contributed by atoms with E-state index >= 15 is 0 Å². The second-order valence-corrected chi connectivity index (χ2v) is 3.38. The molecule has 2 heterocycles. The van der Waals surface area contributed by atoms with Gasteiger partial charge in [-0.25, -0.2) is 14.6 Å². The van der Waals surface area contributed by atoms with Crippen molar-refractivity contribution in [1.29, 1.82) is 0 Å². The highest BCUT2D eigenvalue weighted by molar-refractivity contribution is 5.15. The molecule has 0 aliphatic heterocycles. The highest BCUT2D eigenvalue weighted by Gasteiger charge is 1.99. The van der Waals surface area contributed by atoms with Gasteiger partial charge in [0.05, 0.1) is 18.1 Å². The Morgan fingerprint density at radius 3 is 2.88 bits per heavy atom. The summed E-state index contributed by atoms with van der Waals surface area (Å²) in [7, 11) is 0. The van der Waals surface area contributed by atoms with Crippen LogP contribution in [-0.2, 0) is 6.54 Å². The standard InChI is InChI=1S/C10H14N6/c1-2-3-11-4-9-5-14-10(6-13-9)16-8-12-7-15-16/h5-8,11H,2-4H2,1H3. The summed E-state index contributed by atoms with van der Waals surface area (Å²) < 4.78 is 1.58. The first-order valence-electron chi connectivity index (χ1n) is 5.27. The minimum absolute atomic E-state index is 0.678. The fourth-order valence-electron chi connectivity index (χ4n) is 1.28. The maximum absolute atomic E-state index is 4.29. The molecule has 0 unspecified atom stereocenters. The molecule has 0 saturated carbocycles. The van der Waals surface area contributed by atoms with E-state index in [1.807, 2.05) is 0 Å². The summed E-state index contributed by atoms with van der Waals surface area (Å²) in [5, 5.41) is 7.25. The van der Waals surface area contributed by atoms with Gasteiger partial charge < -0.3 is 5.32 Å². The predicted molar refractivity (Wildman–Crippen MR) is 58.9 cm³/mol. The van der Waals surface area contributed by atoms with E-state index in [9.17, 15) is 0 Å². The molecule has 0 amide bonds. The van der Waals surface area contributed by atoms with Gasteiger partial charge in [-0.1, -0.05) is 6.92 Å². The predicted octanol–water partition coefficient (Wildman–Crippen LogP) is 0.557. The Bertz CT molecular complexity index is 407. The molecule has 2 aromatic rings. The summed E-state index contributed by atoms with van der Waals surface area (Å²) in [6, 6.07) is 0. The van der Waals surface area contributed by atoms with Crippen molar-refractivity contribution in [2.45, 2.75) is 19.9 Å². The van der Waals surface area contributed by atoms with Crippen LogP contribution in [0.25, 0.3) is 5.82 Å². The number of aromatic nitrogens is 5. The van der Waals surface area contributed by atoms with Crippen molar-refractivity contribution in [1.82, 2.24) is 30.0 Å². The third-order valence-electron chi connectivity index (χ3n) is 2.08. The van der Waals surface area contributed by atoms with Gasteiger partial charge in [-0.3, -0.25) is 4.98 Å². The topological polar surface area (TPSA) is 68.5 Å². The van der Waals surface area contributed by atoms with E-state index in [2.05, 4.69) is 32.3 Å². The minimum Gasteiger partial charge on any atom is -0.311 e. The number of nitrogens with one attached hydrogen (secondary N) is 1. The lowest BCUT2D eigenvalue weighted by Crippen LogP contribution is -2.15. The number of hydrogen-bond acceptors (Lipinski definition) is 5. The Morgan fingerprint density at radius 2 is 2.25 bits per heavy atom. The van der Waals surface area contributed by atoms with Crippen LogP contribution in [0.4, 0.5) is 0 Å². The zero-order valence-electron chi connectivity index (χ0n) is 9.17. The van der Waals surface area contributed by atoms with E-state index in [4.69, 9.17) is 0 Å². The van der Waals surface area contributed by atoms with Crippen LogP contribution in [0.2, 0.25) is 0 Å². The Labute approximate surface area is 93.8 Å². The summed E-state index contributed by atoms with van der Waals surface area (Å²) in [6.07, 6.45) is 7.62. The molecule has 84 valence electrons. The summed E-state index contributed by atoms with van der Waals surface area (Å²) >= 11 is 0. The van der Waals surface area contributed by atoms with Crippen molar-refractivity contribution in [3.63, 3.8) is 0 Å². The highest BCUT2D eigenvalue weighted by Crippen LogP contribution is 1.99. The van der Waals surface area contributed by atoms with E-state index in [0.717, 1.165) is 25.2 Å². The van der Waals surface area contributed by atoms with Gasteiger partial charge in [0.25, 0.3) is 0 Å². The molecule has 16 heavy (non-hydrogen) atoms. The van der Waals surface area contributed by atoms with Crippen molar-refractivity contribution in [2.24, 2.45) is 0 Å². The lowest BCUT2D eigenvalue weighted by atomic mass is 10.4. The Hall–Kier alpha value is -1.82. The summed E-state index contributed by atoms with van der Waals surface area (Å²) in [4.78, 5) is 12.4. The van der Waals surface area contributed by atoms with E-state index in [1.165, 1.54) is 6.33 Å². The van der Waals surface area contributed by atoms with Gasteiger partial charge in [-0.05, 0) is 13.0 Å². The average Bonchev–Trinajstić information content (AvgIpc) is 2.84. The van der Waals surface area contributed by atoms with Crippen molar-refractivity contribution < 1.29 is 0 Å². The molecule has 0 atom stereocenters. The zero-order chi connectivity index (χ0) is 11.2. The van der Waals surface area contributed by atoms with Gasteiger partial charge in [-0.15, -0.1) is 0 Å². The van der Waals surface area contributed by atoms with Crippen molar-refractivity contribution in [3.05, 3.63) is 30.7 Å². The molecule has 0 aromatic carbocycles. The molecule has 2 rings (SSSR count). The van der Waals surface area contributed by atoms with Gasteiger partial charge in [-0.2, -0.15) is 5.10 Å². The number of hydrogen-bond donors (Lipinski definition) is 1. The van der Waals surface area contributed by atoms with E-state index < -0.39 is 0 Å². The van der Waals surface area contributed by atoms with Crippen LogP contribution in [0.5, 0.6) is 0 Å². The van der Waals surface area contributed by atoms with E-state index in [0.29, 0.717) is 5.82 Å². The lowest BCUT2D eigenvalue weighted by Gasteiger charge is -2.03. The first-order valence-corrected chi connectivity index (χ1v) is 5.27. The Balaban J connectivity index is 2.00. The molecule has 0 aliphatic rings. The SMILES string of the molecule is CCCNCc1cnc(-n2cncn2)cn1. The van der Waals surface area contributed by atoms with E-state index in [1.54, 1.807) is 23.4 Å². The van der Waals surface area contributed by atoms with Crippen LogP contribution >= 0.6 is 0 Å². The molecule has 6 heteroatoms. The second-order valence-electron chi connectivity index (χ2n) is 3.38. The van der Waals surface area contributed by atoms with Crippen LogP contribution in [0, 0.1) is 0 Å². The highest BCUT2D eigenvalue weighted by atomic mass is 15.3. The van der Waals surface area contributed by atoms with Crippen LogP contribution in [0.1, 0.15) is 19.0 Å². The third kappa shape index (κ3) is 2.60. The molecule has 6 nitrogen and oxygen atoms in total. The summed E-state index contributed by atoms with van der Waals surface area (Å²) in [5.41, 5.74) is 0.928. The molecule has 0 saturated heterocycles. The molecule has 0 bridgehead atoms. The second kappa shape index (κ2) is 5.32. The molecule has 2 aromatic heterocycles. The van der Waals surface area contributed by atoms with E-state index in [-0.39, 0.29) is 0 Å². The molecule has 1 N–H and O–H groups in total. The Morgan fingerprint density at radius 1 is 1.31 bits per heavy atom. The molecule has 0 radical (unpaired) electrons. The monoisotopic (exact) mass is 218 g/mol.